The third-order valence-corrected chi connectivity index (χ3v) is 3.49. The minimum Gasteiger partial charge on any atom is -0.466 e. The Morgan fingerprint density at radius 3 is 2.71 bits per heavy atom. The van der Waals surface area contributed by atoms with Crippen molar-refractivity contribution < 1.29 is 9.52 Å². The van der Waals surface area contributed by atoms with Gasteiger partial charge in [0.25, 0.3) is 0 Å². The van der Waals surface area contributed by atoms with E-state index >= 15 is 0 Å². The Hall–Kier alpha value is -0.800. The van der Waals surface area contributed by atoms with Crippen molar-refractivity contribution in [1.82, 2.24) is 0 Å². The lowest BCUT2D eigenvalue weighted by atomic mass is 9.64. The third kappa shape index (κ3) is 1.28. The van der Waals surface area contributed by atoms with Crippen LogP contribution in [0.1, 0.15) is 36.7 Å². The molecule has 0 amide bonds. The van der Waals surface area contributed by atoms with Crippen molar-refractivity contribution in [2.75, 3.05) is 6.54 Å². The minimum atomic E-state index is -0.531. The maximum Gasteiger partial charge on any atom is 0.135 e. The van der Waals surface area contributed by atoms with Crippen molar-refractivity contribution in [2.45, 2.75) is 32.3 Å². The highest BCUT2D eigenvalue weighted by Gasteiger charge is 2.44. The van der Waals surface area contributed by atoms with Gasteiger partial charge in [-0.3, -0.25) is 0 Å². The van der Waals surface area contributed by atoms with E-state index in [-0.39, 0.29) is 5.41 Å². The maximum absolute atomic E-state index is 10.2. The summed E-state index contributed by atoms with van der Waals surface area (Å²) < 4.78 is 5.30. The average Bonchev–Trinajstić information content (AvgIpc) is 2.50. The number of rotatable bonds is 3. The summed E-state index contributed by atoms with van der Waals surface area (Å²) in [7, 11) is 0. The van der Waals surface area contributed by atoms with E-state index in [4.69, 9.17) is 10.2 Å². The molecule has 1 unspecified atom stereocenters. The second-order valence-electron chi connectivity index (χ2n) is 4.29. The predicted octanol–water partition coefficient (Wildman–Crippen LogP) is 1.75. The van der Waals surface area contributed by atoms with Gasteiger partial charge in [-0.1, -0.05) is 6.42 Å². The molecule has 1 atom stereocenters. The number of aliphatic hydroxyl groups is 1. The molecule has 0 radical (unpaired) electrons. The van der Waals surface area contributed by atoms with Crippen molar-refractivity contribution in [1.29, 1.82) is 0 Å². The number of aryl methyl sites for hydroxylation is 1. The van der Waals surface area contributed by atoms with Gasteiger partial charge in [-0.25, -0.2) is 0 Å². The topological polar surface area (TPSA) is 59.4 Å². The average molecular weight is 195 g/mol. The van der Waals surface area contributed by atoms with Gasteiger partial charge in [0, 0.05) is 12.0 Å². The zero-order chi connectivity index (χ0) is 10.2. The standard InChI is InChI=1S/C11H17NO2/c1-8-3-6-14-9(8)10(13)11(7-12)4-2-5-11/h3,6,10,13H,2,4-5,7,12H2,1H3. The summed E-state index contributed by atoms with van der Waals surface area (Å²) in [5.74, 6) is 0.690. The van der Waals surface area contributed by atoms with Crippen molar-refractivity contribution in [3.8, 4) is 0 Å². The van der Waals surface area contributed by atoms with Crippen LogP contribution in [-0.4, -0.2) is 11.7 Å². The van der Waals surface area contributed by atoms with Gasteiger partial charge < -0.3 is 15.3 Å². The van der Waals surface area contributed by atoms with E-state index < -0.39 is 6.10 Å². The largest absolute Gasteiger partial charge is 0.466 e. The van der Waals surface area contributed by atoms with Gasteiger partial charge >= 0.3 is 0 Å². The number of nitrogens with two attached hydrogens (primary N) is 1. The molecule has 1 aliphatic rings. The van der Waals surface area contributed by atoms with Crippen LogP contribution in [0, 0.1) is 12.3 Å². The third-order valence-electron chi connectivity index (χ3n) is 3.49. The Labute approximate surface area is 83.9 Å². The Bertz CT molecular complexity index is 309. The fourth-order valence-electron chi connectivity index (χ4n) is 2.16. The summed E-state index contributed by atoms with van der Waals surface area (Å²) in [5, 5.41) is 10.2. The molecule has 0 spiro atoms. The van der Waals surface area contributed by atoms with Gasteiger partial charge in [0.1, 0.15) is 11.9 Å². The SMILES string of the molecule is Cc1ccoc1C(O)C1(CN)CCC1. The first-order chi connectivity index (χ1) is 6.69. The Morgan fingerprint density at radius 1 is 1.64 bits per heavy atom. The van der Waals surface area contributed by atoms with Gasteiger partial charge in [-0.2, -0.15) is 0 Å². The zero-order valence-electron chi connectivity index (χ0n) is 8.49. The lowest BCUT2D eigenvalue weighted by Crippen LogP contribution is -2.42. The van der Waals surface area contributed by atoms with Crippen LogP contribution in [0.2, 0.25) is 0 Å². The monoisotopic (exact) mass is 195 g/mol. The van der Waals surface area contributed by atoms with Gasteiger partial charge in [-0.15, -0.1) is 0 Å². The van der Waals surface area contributed by atoms with Gasteiger partial charge in [0.2, 0.25) is 0 Å². The van der Waals surface area contributed by atoms with Crippen LogP contribution in [0.25, 0.3) is 0 Å². The molecule has 1 aromatic heterocycles. The molecule has 14 heavy (non-hydrogen) atoms. The second-order valence-corrected chi connectivity index (χ2v) is 4.29. The minimum absolute atomic E-state index is 0.122. The highest BCUT2D eigenvalue weighted by atomic mass is 16.4. The molecule has 0 aliphatic heterocycles. The molecule has 1 aliphatic carbocycles. The summed E-state index contributed by atoms with van der Waals surface area (Å²) in [4.78, 5) is 0. The summed E-state index contributed by atoms with van der Waals surface area (Å²) in [5.41, 5.74) is 6.61. The molecule has 2 rings (SSSR count). The van der Waals surface area contributed by atoms with Crippen LogP contribution in [-0.2, 0) is 0 Å². The maximum atomic E-state index is 10.2. The molecule has 0 aromatic carbocycles. The first-order valence-electron chi connectivity index (χ1n) is 5.12. The molecular weight excluding hydrogens is 178 g/mol. The highest BCUT2D eigenvalue weighted by Crippen LogP contribution is 2.49. The summed E-state index contributed by atoms with van der Waals surface area (Å²) in [6.07, 6.45) is 4.26. The van der Waals surface area contributed by atoms with Crippen LogP contribution >= 0.6 is 0 Å². The van der Waals surface area contributed by atoms with Crippen LogP contribution in [0.3, 0.4) is 0 Å². The molecule has 0 bridgehead atoms. The molecule has 1 saturated carbocycles. The van der Waals surface area contributed by atoms with Gasteiger partial charge in [-0.05, 0) is 31.4 Å². The fraction of sp³-hybridized carbons (Fsp3) is 0.636. The van der Waals surface area contributed by atoms with Crippen LogP contribution in [0.15, 0.2) is 16.7 Å². The molecular formula is C11H17NO2. The van der Waals surface area contributed by atoms with E-state index in [1.807, 2.05) is 13.0 Å². The van der Waals surface area contributed by atoms with E-state index in [1.165, 1.54) is 0 Å². The number of furan rings is 1. The molecule has 3 nitrogen and oxygen atoms in total. The molecule has 1 fully saturated rings. The van der Waals surface area contributed by atoms with Gasteiger partial charge in [0.15, 0.2) is 0 Å². The van der Waals surface area contributed by atoms with E-state index in [1.54, 1.807) is 6.26 Å². The lowest BCUT2D eigenvalue weighted by Gasteiger charge is -2.44. The van der Waals surface area contributed by atoms with Gasteiger partial charge in [0.05, 0.1) is 6.26 Å². The van der Waals surface area contributed by atoms with E-state index in [0.717, 1.165) is 24.8 Å². The highest BCUT2D eigenvalue weighted by molar-refractivity contribution is 5.20. The number of hydrogen-bond acceptors (Lipinski definition) is 3. The molecule has 1 aromatic rings. The Balaban J connectivity index is 2.22. The van der Waals surface area contributed by atoms with Crippen LogP contribution in [0.5, 0.6) is 0 Å². The predicted molar refractivity (Wildman–Crippen MR) is 53.7 cm³/mol. The van der Waals surface area contributed by atoms with Crippen molar-refractivity contribution in [3.63, 3.8) is 0 Å². The number of hydrogen-bond donors (Lipinski definition) is 2. The lowest BCUT2D eigenvalue weighted by molar-refractivity contribution is -0.0421. The molecule has 3 heteroatoms. The number of aliphatic hydroxyl groups excluding tert-OH is 1. The van der Waals surface area contributed by atoms with Crippen LogP contribution < -0.4 is 5.73 Å². The van der Waals surface area contributed by atoms with E-state index in [9.17, 15) is 5.11 Å². The smallest absolute Gasteiger partial charge is 0.135 e. The fourth-order valence-corrected chi connectivity index (χ4v) is 2.16. The molecule has 0 saturated heterocycles. The van der Waals surface area contributed by atoms with Crippen molar-refractivity contribution in [2.24, 2.45) is 11.1 Å². The van der Waals surface area contributed by atoms with Crippen molar-refractivity contribution >= 4 is 0 Å². The summed E-state index contributed by atoms with van der Waals surface area (Å²) in [6.45, 7) is 2.49. The first-order valence-corrected chi connectivity index (χ1v) is 5.12. The second kappa shape index (κ2) is 3.41. The normalized spacial score (nSPS) is 21.6. The quantitative estimate of drug-likeness (QED) is 0.772. The van der Waals surface area contributed by atoms with E-state index in [2.05, 4.69) is 0 Å². The van der Waals surface area contributed by atoms with Crippen molar-refractivity contribution in [3.05, 3.63) is 23.7 Å². The van der Waals surface area contributed by atoms with E-state index in [0.29, 0.717) is 12.3 Å². The zero-order valence-corrected chi connectivity index (χ0v) is 8.49. The molecule has 1 heterocycles. The Kier molecular flexibility index (Phi) is 2.37. The Morgan fingerprint density at radius 2 is 2.36 bits per heavy atom. The summed E-state index contributed by atoms with van der Waals surface area (Å²) in [6, 6.07) is 1.88. The first kappa shape index (κ1) is 9.74. The van der Waals surface area contributed by atoms with Crippen LogP contribution in [0.4, 0.5) is 0 Å². The summed E-state index contributed by atoms with van der Waals surface area (Å²) >= 11 is 0. The molecule has 78 valence electrons. The molecule has 3 N–H and O–H groups in total.